The Morgan fingerprint density at radius 2 is 2.12 bits per heavy atom. The maximum atomic E-state index is 13.5. The first-order valence-electron chi connectivity index (χ1n) is 5.09. The van der Waals surface area contributed by atoms with E-state index in [0.29, 0.717) is 0 Å². The van der Waals surface area contributed by atoms with Gasteiger partial charge in [0.15, 0.2) is 11.6 Å². The number of hydrogen-bond acceptors (Lipinski definition) is 2. The first-order valence-corrected chi connectivity index (χ1v) is 5.09. The second-order valence-corrected chi connectivity index (χ2v) is 3.92. The SMILES string of the molecule is NC(=O)C(NC1CC1)c1cccc(F)c1F. The predicted molar refractivity (Wildman–Crippen MR) is 54.5 cm³/mol. The van der Waals surface area contributed by atoms with Gasteiger partial charge in [-0.1, -0.05) is 12.1 Å². The molecule has 0 heterocycles. The molecule has 0 radical (unpaired) electrons. The molecule has 2 rings (SSSR count). The molecule has 0 spiro atoms. The van der Waals surface area contributed by atoms with Gasteiger partial charge in [0.1, 0.15) is 6.04 Å². The number of amides is 1. The molecule has 0 aliphatic heterocycles. The van der Waals surface area contributed by atoms with Crippen molar-refractivity contribution < 1.29 is 13.6 Å². The lowest BCUT2D eigenvalue weighted by Gasteiger charge is -2.16. The number of rotatable bonds is 4. The summed E-state index contributed by atoms with van der Waals surface area (Å²) in [6.07, 6.45) is 1.86. The van der Waals surface area contributed by atoms with Gasteiger partial charge in [-0.2, -0.15) is 0 Å². The Labute approximate surface area is 91.6 Å². The van der Waals surface area contributed by atoms with Crippen molar-refractivity contribution in [2.75, 3.05) is 0 Å². The summed E-state index contributed by atoms with van der Waals surface area (Å²) in [4.78, 5) is 11.2. The summed E-state index contributed by atoms with van der Waals surface area (Å²) < 4.78 is 26.5. The molecule has 1 fully saturated rings. The maximum absolute atomic E-state index is 13.5. The van der Waals surface area contributed by atoms with Gasteiger partial charge < -0.3 is 5.73 Å². The van der Waals surface area contributed by atoms with Crippen LogP contribution in [0.4, 0.5) is 8.78 Å². The number of carbonyl (C=O) groups is 1. The van der Waals surface area contributed by atoms with Crippen LogP contribution < -0.4 is 11.1 Å². The van der Waals surface area contributed by atoms with Gasteiger partial charge >= 0.3 is 0 Å². The second kappa shape index (κ2) is 4.17. The van der Waals surface area contributed by atoms with Crippen LogP contribution in [-0.4, -0.2) is 11.9 Å². The van der Waals surface area contributed by atoms with E-state index in [1.165, 1.54) is 12.1 Å². The zero-order valence-corrected chi connectivity index (χ0v) is 8.54. The molecule has 1 aromatic carbocycles. The summed E-state index contributed by atoms with van der Waals surface area (Å²) >= 11 is 0. The van der Waals surface area contributed by atoms with Crippen molar-refractivity contribution in [2.45, 2.75) is 24.9 Å². The average Bonchev–Trinajstić information content (AvgIpc) is 3.03. The molecule has 0 aromatic heterocycles. The van der Waals surface area contributed by atoms with Crippen LogP contribution in [-0.2, 0) is 4.79 Å². The van der Waals surface area contributed by atoms with Gasteiger partial charge in [-0.15, -0.1) is 0 Å². The highest BCUT2D eigenvalue weighted by atomic mass is 19.2. The van der Waals surface area contributed by atoms with Crippen molar-refractivity contribution in [2.24, 2.45) is 5.73 Å². The Hall–Kier alpha value is -1.49. The fraction of sp³-hybridized carbons (Fsp3) is 0.364. The van der Waals surface area contributed by atoms with Gasteiger partial charge in [-0.25, -0.2) is 8.78 Å². The molecule has 0 saturated heterocycles. The lowest BCUT2D eigenvalue weighted by molar-refractivity contribution is -0.120. The first-order chi connectivity index (χ1) is 7.59. The van der Waals surface area contributed by atoms with Crippen molar-refractivity contribution >= 4 is 5.91 Å². The molecule has 3 N–H and O–H groups in total. The monoisotopic (exact) mass is 226 g/mol. The smallest absolute Gasteiger partial charge is 0.239 e. The molecule has 1 aliphatic rings. The average molecular weight is 226 g/mol. The van der Waals surface area contributed by atoms with Crippen LogP contribution in [0.1, 0.15) is 24.4 Å². The van der Waals surface area contributed by atoms with Crippen LogP contribution in [0, 0.1) is 11.6 Å². The molecular weight excluding hydrogens is 214 g/mol. The third-order valence-corrected chi connectivity index (χ3v) is 2.56. The molecule has 1 saturated carbocycles. The van der Waals surface area contributed by atoms with Gasteiger partial charge in [-0.05, 0) is 18.9 Å². The van der Waals surface area contributed by atoms with Gasteiger partial charge in [0.2, 0.25) is 5.91 Å². The number of halogens is 2. The molecule has 1 atom stereocenters. The molecule has 1 amide bonds. The van der Waals surface area contributed by atoms with E-state index in [9.17, 15) is 13.6 Å². The van der Waals surface area contributed by atoms with Crippen molar-refractivity contribution in [3.05, 3.63) is 35.4 Å². The summed E-state index contributed by atoms with van der Waals surface area (Å²) in [5, 5.41) is 2.89. The minimum absolute atomic E-state index is 0.0283. The maximum Gasteiger partial charge on any atom is 0.239 e. The van der Waals surface area contributed by atoms with Gasteiger partial charge in [0.05, 0.1) is 0 Å². The van der Waals surface area contributed by atoms with Crippen molar-refractivity contribution in [3.63, 3.8) is 0 Å². The molecule has 0 bridgehead atoms. The zero-order valence-electron chi connectivity index (χ0n) is 8.54. The van der Waals surface area contributed by atoms with Crippen LogP contribution in [0.15, 0.2) is 18.2 Å². The number of benzene rings is 1. The summed E-state index contributed by atoms with van der Waals surface area (Å²) in [6.45, 7) is 0. The van der Waals surface area contributed by atoms with E-state index in [4.69, 9.17) is 5.73 Å². The van der Waals surface area contributed by atoms with Crippen LogP contribution in [0.5, 0.6) is 0 Å². The molecule has 1 aromatic rings. The van der Waals surface area contributed by atoms with E-state index in [-0.39, 0.29) is 11.6 Å². The van der Waals surface area contributed by atoms with E-state index in [0.717, 1.165) is 18.9 Å². The van der Waals surface area contributed by atoms with Crippen molar-refractivity contribution in [3.8, 4) is 0 Å². The van der Waals surface area contributed by atoms with Crippen LogP contribution in [0.3, 0.4) is 0 Å². The van der Waals surface area contributed by atoms with Gasteiger partial charge in [0.25, 0.3) is 0 Å². The molecule has 1 unspecified atom stereocenters. The second-order valence-electron chi connectivity index (χ2n) is 3.92. The summed E-state index contributed by atoms with van der Waals surface area (Å²) in [6, 6.07) is 2.96. The lowest BCUT2D eigenvalue weighted by Crippen LogP contribution is -2.35. The Bertz CT molecular complexity index is 418. The minimum atomic E-state index is -1.01. The zero-order chi connectivity index (χ0) is 11.7. The third-order valence-electron chi connectivity index (χ3n) is 2.56. The van der Waals surface area contributed by atoms with Crippen molar-refractivity contribution in [1.29, 1.82) is 0 Å². The van der Waals surface area contributed by atoms with E-state index < -0.39 is 23.6 Å². The fourth-order valence-electron chi connectivity index (χ4n) is 1.55. The van der Waals surface area contributed by atoms with E-state index in [1.54, 1.807) is 0 Å². The van der Waals surface area contributed by atoms with Crippen molar-refractivity contribution in [1.82, 2.24) is 5.32 Å². The van der Waals surface area contributed by atoms with Gasteiger partial charge in [0, 0.05) is 11.6 Å². The first kappa shape index (κ1) is 11.0. The highest BCUT2D eigenvalue weighted by molar-refractivity contribution is 5.81. The molecule has 5 heteroatoms. The highest BCUT2D eigenvalue weighted by Gasteiger charge is 2.30. The Morgan fingerprint density at radius 3 is 2.69 bits per heavy atom. The largest absolute Gasteiger partial charge is 0.368 e. The van der Waals surface area contributed by atoms with E-state index in [1.807, 2.05) is 0 Å². The summed E-state index contributed by atoms with van der Waals surface area (Å²) in [5.41, 5.74) is 5.14. The minimum Gasteiger partial charge on any atom is -0.368 e. The number of primary amides is 1. The fourth-order valence-corrected chi connectivity index (χ4v) is 1.55. The molecule has 86 valence electrons. The Kier molecular flexibility index (Phi) is 2.87. The topological polar surface area (TPSA) is 55.1 Å². The Morgan fingerprint density at radius 1 is 1.44 bits per heavy atom. The molecule has 1 aliphatic carbocycles. The highest BCUT2D eigenvalue weighted by Crippen LogP contribution is 2.26. The van der Waals surface area contributed by atoms with Crippen LogP contribution in [0.25, 0.3) is 0 Å². The quantitative estimate of drug-likeness (QED) is 0.811. The van der Waals surface area contributed by atoms with Crippen LogP contribution in [0.2, 0.25) is 0 Å². The number of nitrogens with one attached hydrogen (secondary N) is 1. The normalized spacial score (nSPS) is 17.1. The standard InChI is InChI=1S/C11H12F2N2O/c12-8-3-1-2-7(9(8)13)10(11(14)16)15-6-4-5-6/h1-3,6,10,15H,4-5H2,(H2,14,16). The van der Waals surface area contributed by atoms with Crippen LogP contribution >= 0.6 is 0 Å². The predicted octanol–water partition coefficient (Wildman–Crippen LogP) is 1.24. The lowest BCUT2D eigenvalue weighted by atomic mass is 10.1. The number of nitrogens with two attached hydrogens (primary N) is 1. The molecular formula is C11H12F2N2O. The van der Waals surface area contributed by atoms with E-state index in [2.05, 4.69) is 5.32 Å². The number of carbonyl (C=O) groups excluding carboxylic acids is 1. The molecule has 3 nitrogen and oxygen atoms in total. The van der Waals surface area contributed by atoms with E-state index >= 15 is 0 Å². The number of hydrogen-bond donors (Lipinski definition) is 2. The molecule has 16 heavy (non-hydrogen) atoms. The summed E-state index contributed by atoms with van der Waals surface area (Å²) in [7, 11) is 0. The third kappa shape index (κ3) is 2.19. The summed E-state index contributed by atoms with van der Waals surface area (Å²) in [5.74, 6) is -2.68. The Balaban J connectivity index is 2.29. The van der Waals surface area contributed by atoms with Gasteiger partial charge in [-0.3, -0.25) is 10.1 Å².